The van der Waals surface area contributed by atoms with Crippen molar-refractivity contribution in [1.29, 1.82) is 0 Å². The number of aromatic nitrogens is 2. The first kappa shape index (κ1) is 18.5. The molecule has 0 radical (unpaired) electrons. The van der Waals surface area contributed by atoms with E-state index in [1.807, 2.05) is 16.7 Å². The number of hydrogen-bond donors (Lipinski definition) is 2. The third-order valence-electron chi connectivity index (χ3n) is 5.01. The predicted octanol–water partition coefficient (Wildman–Crippen LogP) is 3.90. The number of methoxy groups -OCH3 is 1. The summed E-state index contributed by atoms with van der Waals surface area (Å²) in [6, 6.07) is 8.06. The van der Waals surface area contributed by atoms with Gasteiger partial charge in [-0.1, -0.05) is 31.4 Å². The van der Waals surface area contributed by atoms with Gasteiger partial charge in [0.05, 0.1) is 25.2 Å². The summed E-state index contributed by atoms with van der Waals surface area (Å²) < 4.78 is 7.05. The molecule has 0 atom stereocenters. The van der Waals surface area contributed by atoms with Gasteiger partial charge in [0, 0.05) is 25.5 Å². The number of rotatable bonds is 7. The highest BCUT2D eigenvalue weighted by Gasteiger charge is 2.15. The van der Waals surface area contributed by atoms with Crippen molar-refractivity contribution in [2.24, 2.45) is 0 Å². The van der Waals surface area contributed by atoms with Crippen LogP contribution in [-0.4, -0.2) is 29.3 Å². The van der Waals surface area contributed by atoms with Crippen LogP contribution in [0.1, 0.15) is 49.3 Å². The van der Waals surface area contributed by atoms with Gasteiger partial charge in [0.2, 0.25) is 0 Å². The first-order chi connectivity index (χ1) is 12.8. The monoisotopic (exact) mass is 356 g/mol. The Morgan fingerprint density at radius 1 is 1.23 bits per heavy atom. The molecule has 140 valence electrons. The number of carbonyl (C=O) groups is 1. The van der Waals surface area contributed by atoms with Gasteiger partial charge in [-0.05, 0) is 36.5 Å². The summed E-state index contributed by atoms with van der Waals surface area (Å²) in [7, 11) is 1.67. The number of ether oxygens (including phenoxy) is 1. The van der Waals surface area contributed by atoms with E-state index in [-0.39, 0.29) is 6.03 Å². The highest BCUT2D eigenvalue weighted by molar-refractivity contribution is 5.89. The van der Waals surface area contributed by atoms with Crippen LogP contribution in [0.3, 0.4) is 0 Å². The van der Waals surface area contributed by atoms with Gasteiger partial charge in [-0.2, -0.15) is 0 Å². The molecule has 1 saturated carbocycles. The van der Waals surface area contributed by atoms with E-state index < -0.39 is 0 Å². The lowest BCUT2D eigenvalue weighted by atomic mass is 9.84. The maximum absolute atomic E-state index is 12.1. The molecule has 0 aliphatic heterocycles. The van der Waals surface area contributed by atoms with Gasteiger partial charge in [-0.3, -0.25) is 0 Å². The van der Waals surface area contributed by atoms with Crippen molar-refractivity contribution >= 4 is 11.7 Å². The van der Waals surface area contributed by atoms with Crippen LogP contribution in [0.25, 0.3) is 0 Å². The first-order valence-corrected chi connectivity index (χ1v) is 9.39. The molecule has 3 rings (SSSR count). The zero-order valence-electron chi connectivity index (χ0n) is 15.4. The standard InChI is InChI=1S/C20H28N4O2/c1-26-12-11-24-15-21-13-19(24)14-22-20(25)23-18-9-7-17(8-10-18)16-5-3-2-4-6-16/h7-10,13,15-16H,2-6,11-12,14H2,1H3,(H2,22,23,25). The maximum atomic E-state index is 12.1. The molecule has 1 fully saturated rings. The van der Waals surface area contributed by atoms with E-state index in [0.717, 1.165) is 17.9 Å². The van der Waals surface area contributed by atoms with Crippen LogP contribution in [0.15, 0.2) is 36.8 Å². The topological polar surface area (TPSA) is 68.2 Å². The molecule has 26 heavy (non-hydrogen) atoms. The van der Waals surface area contributed by atoms with E-state index >= 15 is 0 Å². The number of anilines is 1. The minimum absolute atomic E-state index is 0.213. The third kappa shape index (κ3) is 5.08. The van der Waals surface area contributed by atoms with Crippen molar-refractivity contribution in [3.8, 4) is 0 Å². The van der Waals surface area contributed by atoms with Crippen LogP contribution in [0.2, 0.25) is 0 Å². The molecule has 1 aliphatic rings. The molecular weight excluding hydrogens is 328 g/mol. The summed E-state index contributed by atoms with van der Waals surface area (Å²) in [4.78, 5) is 16.3. The molecule has 6 heteroatoms. The van der Waals surface area contributed by atoms with E-state index in [1.165, 1.54) is 37.7 Å². The van der Waals surface area contributed by atoms with Crippen LogP contribution >= 0.6 is 0 Å². The summed E-state index contributed by atoms with van der Waals surface area (Å²) in [6.07, 6.45) is 10.1. The van der Waals surface area contributed by atoms with Crippen LogP contribution in [0.5, 0.6) is 0 Å². The minimum atomic E-state index is -0.213. The van der Waals surface area contributed by atoms with Crippen molar-refractivity contribution in [2.45, 2.75) is 51.1 Å². The molecule has 1 aromatic carbocycles. The lowest BCUT2D eigenvalue weighted by molar-refractivity contribution is 0.186. The second-order valence-electron chi connectivity index (χ2n) is 6.84. The molecule has 2 N–H and O–H groups in total. The second kappa shape index (κ2) is 9.38. The largest absolute Gasteiger partial charge is 0.383 e. The number of benzene rings is 1. The summed E-state index contributed by atoms with van der Waals surface area (Å²) >= 11 is 0. The van der Waals surface area contributed by atoms with Gasteiger partial charge < -0.3 is 19.9 Å². The SMILES string of the molecule is COCCn1cncc1CNC(=O)Nc1ccc(C2CCCCC2)cc1. The van der Waals surface area contributed by atoms with Gasteiger partial charge in [-0.15, -0.1) is 0 Å². The Hall–Kier alpha value is -2.34. The zero-order valence-corrected chi connectivity index (χ0v) is 15.4. The summed E-state index contributed by atoms with van der Waals surface area (Å²) in [5.74, 6) is 0.680. The number of nitrogens with one attached hydrogen (secondary N) is 2. The van der Waals surface area contributed by atoms with Crippen molar-refractivity contribution in [1.82, 2.24) is 14.9 Å². The molecule has 0 bridgehead atoms. The van der Waals surface area contributed by atoms with Gasteiger partial charge in [0.15, 0.2) is 0 Å². The van der Waals surface area contributed by atoms with E-state index in [4.69, 9.17) is 4.74 Å². The van der Waals surface area contributed by atoms with Crippen LogP contribution < -0.4 is 10.6 Å². The number of imidazole rings is 1. The average Bonchev–Trinajstić information content (AvgIpc) is 3.13. The Balaban J connectivity index is 1.48. The molecule has 2 amide bonds. The first-order valence-electron chi connectivity index (χ1n) is 9.39. The lowest BCUT2D eigenvalue weighted by Gasteiger charge is -2.22. The Morgan fingerprint density at radius 2 is 2.00 bits per heavy atom. The fourth-order valence-corrected chi connectivity index (χ4v) is 3.51. The van der Waals surface area contributed by atoms with E-state index in [2.05, 4.69) is 27.8 Å². The summed E-state index contributed by atoms with van der Waals surface area (Å²) in [5, 5.41) is 5.77. The Bertz CT molecular complexity index is 690. The highest BCUT2D eigenvalue weighted by Crippen LogP contribution is 2.32. The summed E-state index contributed by atoms with van der Waals surface area (Å²) in [5.41, 5.74) is 3.15. The van der Waals surface area contributed by atoms with Crippen molar-refractivity contribution < 1.29 is 9.53 Å². The highest BCUT2D eigenvalue weighted by atomic mass is 16.5. The fraction of sp³-hybridized carbons (Fsp3) is 0.500. The maximum Gasteiger partial charge on any atom is 0.319 e. The van der Waals surface area contributed by atoms with Gasteiger partial charge >= 0.3 is 6.03 Å². The number of hydrogen-bond acceptors (Lipinski definition) is 3. The van der Waals surface area contributed by atoms with Gasteiger partial charge in [0.25, 0.3) is 0 Å². The van der Waals surface area contributed by atoms with Gasteiger partial charge in [0.1, 0.15) is 0 Å². The fourth-order valence-electron chi connectivity index (χ4n) is 3.51. The molecule has 0 unspecified atom stereocenters. The minimum Gasteiger partial charge on any atom is -0.383 e. The van der Waals surface area contributed by atoms with Crippen molar-refractivity contribution in [3.63, 3.8) is 0 Å². The lowest BCUT2D eigenvalue weighted by Crippen LogP contribution is -2.29. The summed E-state index contributed by atoms with van der Waals surface area (Å²) in [6.45, 7) is 1.76. The molecule has 6 nitrogen and oxygen atoms in total. The second-order valence-corrected chi connectivity index (χ2v) is 6.84. The predicted molar refractivity (Wildman–Crippen MR) is 102 cm³/mol. The van der Waals surface area contributed by atoms with Crippen molar-refractivity contribution in [2.75, 3.05) is 19.0 Å². The molecule has 0 spiro atoms. The molecule has 1 heterocycles. The zero-order chi connectivity index (χ0) is 18.2. The number of urea groups is 1. The number of amides is 2. The Labute approximate surface area is 155 Å². The quantitative estimate of drug-likeness (QED) is 0.790. The van der Waals surface area contributed by atoms with Crippen LogP contribution in [-0.2, 0) is 17.8 Å². The number of nitrogens with zero attached hydrogens (tertiary/aromatic N) is 2. The number of carbonyl (C=O) groups excluding carboxylic acids is 1. The molecule has 1 aliphatic carbocycles. The van der Waals surface area contributed by atoms with Crippen LogP contribution in [0.4, 0.5) is 10.5 Å². The molecular formula is C20H28N4O2. The molecule has 1 aromatic heterocycles. The average molecular weight is 356 g/mol. The van der Waals surface area contributed by atoms with Gasteiger partial charge in [-0.25, -0.2) is 9.78 Å². The Kier molecular flexibility index (Phi) is 6.66. The van der Waals surface area contributed by atoms with E-state index in [1.54, 1.807) is 19.6 Å². The van der Waals surface area contributed by atoms with Crippen LogP contribution in [0, 0.1) is 0 Å². The third-order valence-corrected chi connectivity index (χ3v) is 5.01. The molecule has 2 aromatic rings. The van der Waals surface area contributed by atoms with Crippen molar-refractivity contribution in [3.05, 3.63) is 48.0 Å². The molecule has 0 saturated heterocycles. The smallest absolute Gasteiger partial charge is 0.319 e. The van der Waals surface area contributed by atoms with E-state index in [0.29, 0.717) is 19.1 Å². The van der Waals surface area contributed by atoms with E-state index in [9.17, 15) is 4.79 Å². The normalized spacial score (nSPS) is 15.0. The Morgan fingerprint density at radius 3 is 2.73 bits per heavy atom.